The number of carbonyl (C=O) groups is 1. The van der Waals surface area contributed by atoms with Gasteiger partial charge in [0.05, 0.1) is 0 Å². The third-order valence-corrected chi connectivity index (χ3v) is 1.52. The molecular weight excluding hydrogens is 249 g/mol. The van der Waals surface area contributed by atoms with Crippen LogP contribution in [0, 0.1) is 0 Å². The molecule has 1 atom stereocenters. The standard InChI is InChI=1S/C7H5F7O2/c1-3(8)4(15)16-7(13,14)5(2,9)6(10,11)12/h1H2,2H3. The molecule has 0 aromatic rings. The van der Waals surface area contributed by atoms with Gasteiger partial charge in [0.15, 0.2) is 0 Å². The first-order valence-corrected chi connectivity index (χ1v) is 3.54. The molecule has 16 heavy (non-hydrogen) atoms. The lowest BCUT2D eigenvalue weighted by molar-refractivity contribution is -0.363. The Morgan fingerprint density at radius 1 is 1.12 bits per heavy atom. The molecule has 0 aromatic carbocycles. The van der Waals surface area contributed by atoms with Crippen molar-refractivity contribution in [1.29, 1.82) is 0 Å². The van der Waals surface area contributed by atoms with Gasteiger partial charge in [0.25, 0.3) is 0 Å². The average Bonchev–Trinajstić information content (AvgIpc) is 2.00. The summed E-state index contributed by atoms with van der Waals surface area (Å²) >= 11 is 0. The highest BCUT2D eigenvalue weighted by atomic mass is 19.4. The van der Waals surface area contributed by atoms with Gasteiger partial charge in [-0.05, 0) is 6.92 Å². The summed E-state index contributed by atoms with van der Waals surface area (Å²) in [5.41, 5.74) is -5.13. The summed E-state index contributed by atoms with van der Waals surface area (Å²) in [6, 6.07) is 0. The molecule has 0 radical (unpaired) electrons. The van der Waals surface area contributed by atoms with Crippen LogP contribution >= 0.6 is 0 Å². The quantitative estimate of drug-likeness (QED) is 0.439. The topological polar surface area (TPSA) is 26.3 Å². The molecule has 2 nitrogen and oxygen atoms in total. The molecule has 0 saturated carbocycles. The predicted octanol–water partition coefficient (Wildman–Crippen LogP) is 2.90. The molecule has 0 aliphatic carbocycles. The van der Waals surface area contributed by atoms with Gasteiger partial charge in [0.2, 0.25) is 5.83 Å². The highest BCUT2D eigenvalue weighted by Gasteiger charge is 2.71. The van der Waals surface area contributed by atoms with E-state index in [9.17, 15) is 35.5 Å². The molecule has 0 spiro atoms. The Hall–Kier alpha value is -1.28. The zero-order valence-corrected chi connectivity index (χ0v) is 7.67. The van der Waals surface area contributed by atoms with Crippen LogP contribution in [0.25, 0.3) is 0 Å². The van der Waals surface area contributed by atoms with Gasteiger partial charge < -0.3 is 4.74 Å². The van der Waals surface area contributed by atoms with Crippen LogP contribution in [0.4, 0.5) is 30.7 Å². The van der Waals surface area contributed by atoms with Crippen molar-refractivity contribution in [3.05, 3.63) is 12.4 Å². The third kappa shape index (κ3) is 2.64. The average molecular weight is 254 g/mol. The van der Waals surface area contributed by atoms with E-state index in [-0.39, 0.29) is 0 Å². The second-order valence-corrected chi connectivity index (χ2v) is 2.81. The first-order valence-electron chi connectivity index (χ1n) is 3.54. The van der Waals surface area contributed by atoms with Gasteiger partial charge in [-0.25, -0.2) is 9.18 Å². The zero-order valence-electron chi connectivity index (χ0n) is 7.67. The number of esters is 1. The molecule has 0 rings (SSSR count). The summed E-state index contributed by atoms with van der Waals surface area (Å²) < 4.78 is 87.9. The van der Waals surface area contributed by atoms with Crippen LogP contribution in [-0.4, -0.2) is 23.9 Å². The van der Waals surface area contributed by atoms with E-state index in [4.69, 9.17) is 0 Å². The number of hydrogen-bond donors (Lipinski definition) is 0. The molecular formula is C7H5F7O2. The Morgan fingerprint density at radius 3 is 1.75 bits per heavy atom. The third-order valence-electron chi connectivity index (χ3n) is 1.52. The maximum absolute atomic E-state index is 12.7. The maximum atomic E-state index is 12.7. The second-order valence-electron chi connectivity index (χ2n) is 2.81. The fourth-order valence-corrected chi connectivity index (χ4v) is 0.433. The SMILES string of the molecule is C=C(F)C(=O)OC(F)(F)C(C)(F)C(F)(F)F. The van der Waals surface area contributed by atoms with Crippen molar-refractivity contribution < 1.29 is 40.3 Å². The van der Waals surface area contributed by atoms with E-state index >= 15 is 0 Å². The highest BCUT2D eigenvalue weighted by Crippen LogP contribution is 2.45. The summed E-state index contributed by atoms with van der Waals surface area (Å²) in [7, 11) is 0. The molecule has 0 fully saturated rings. The number of rotatable bonds is 3. The van der Waals surface area contributed by atoms with E-state index in [2.05, 4.69) is 11.3 Å². The van der Waals surface area contributed by atoms with Crippen molar-refractivity contribution in [2.24, 2.45) is 0 Å². The Labute approximate surface area is 84.7 Å². The van der Waals surface area contributed by atoms with Crippen LogP contribution < -0.4 is 0 Å². The minimum Gasteiger partial charge on any atom is -0.393 e. The van der Waals surface area contributed by atoms with Gasteiger partial charge in [-0.2, -0.15) is 26.3 Å². The van der Waals surface area contributed by atoms with Crippen LogP contribution in [0.3, 0.4) is 0 Å². The number of carbonyl (C=O) groups excluding carboxylic acids is 1. The van der Waals surface area contributed by atoms with Crippen molar-refractivity contribution in [3.8, 4) is 0 Å². The summed E-state index contributed by atoms with van der Waals surface area (Å²) in [5, 5.41) is 0. The first kappa shape index (κ1) is 14.7. The summed E-state index contributed by atoms with van der Waals surface area (Å²) in [5.74, 6) is -4.55. The number of halogens is 7. The van der Waals surface area contributed by atoms with Crippen molar-refractivity contribution in [1.82, 2.24) is 0 Å². The Morgan fingerprint density at radius 2 is 1.50 bits per heavy atom. The van der Waals surface area contributed by atoms with Crippen LogP contribution in [-0.2, 0) is 9.53 Å². The summed E-state index contributed by atoms with van der Waals surface area (Å²) in [6.07, 6.45) is -11.5. The Balaban J connectivity index is 5.06. The fraction of sp³-hybridized carbons (Fsp3) is 0.571. The van der Waals surface area contributed by atoms with E-state index in [1.165, 1.54) is 0 Å². The van der Waals surface area contributed by atoms with Crippen molar-refractivity contribution >= 4 is 5.97 Å². The van der Waals surface area contributed by atoms with Crippen molar-refractivity contribution in [2.75, 3.05) is 0 Å². The monoisotopic (exact) mass is 254 g/mol. The lowest BCUT2D eigenvalue weighted by atomic mass is 10.1. The smallest absolute Gasteiger partial charge is 0.393 e. The molecule has 0 aliphatic heterocycles. The molecule has 0 heterocycles. The predicted molar refractivity (Wildman–Crippen MR) is 36.9 cm³/mol. The van der Waals surface area contributed by atoms with Crippen molar-refractivity contribution in [3.63, 3.8) is 0 Å². The van der Waals surface area contributed by atoms with E-state index in [1.807, 2.05) is 0 Å². The Bertz CT molecular complexity index is 304. The van der Waals surface area contributed by atoms with Crippen LogP contribution in [0.5, 0.6) is 0 Å². The molecule has 0 bridgehead atoms. The van der Waals surface area contributed by atoms with Crippen LogP contribution in [0.15, 0.2) is 12.4 Å². The normalized spacial score (nSPS) is 16.5. The largest absolute Gasteiger partial charge is 0.444 e. The summed E-state index contributed by atoms with van der Waals surface area (Å²) in [6.45, 7) is 1.66. The molecule has 94 valence electrons. The first-order chi connectivity index (χ1) is 6.83. The number of ether oxygens (including phenoxy) is 1. The van der Waals surface area contributed by atoms with E-state index in [0.717, 1.165) is 0 Å². The molecule has 0 N–H and O–H groups in total. The minimum absolute atomic E-state index is 0.540. The molecule has 0 aliphatic rings. The van der Waals surface area contributed by atoms with Gasteiger partial charge in [-0.15, -0.1) is 0 Å². The molecule has 0 amide bonds. The highest BCUT2D eigenvalue weighted by molar-refractivity contribution is 5.85. The van der Waals surface area contributed by atoms with E-state index in [0.29, 0.717) is 0 Å². The molecule has 0 aromatic heterocycles. The van der Waals surface area contributed by atoms with Gasteiger partial charge in [0.1, 0.15) is 0 Å². The summed E-state index contributed by atoms with van der Waals surface area (Å²) in [4.78, 5) is 10.2. The lowest BCUT2D eigenvalue weighted by Gasteiger charge is -2.30. The number of alkyl halides is 6. The zero-order chi connectivity index (χ0) is 13.4. The minimum atomic E-state index is -5.99. The number of hydrogen-bond acceptors (Lipinski definition) is 2. The Kier molecular flexibility index (Phi) is 3.63. The molecule has 0 saturated heterocycles. The molecule has 1 unspecified atom stereocenters. The van der Waals surface area contributed by atoms with E-state index < -0.39 is 36.7 Å². The van der Waals surface area contributed by atoms with Crippen LogP contribution in [0.1, 0.15) is 6.92 Å². The van der Waals surface area contributed by atoms with E-state index in [1.54, 1.807) is 0 Å². The van der Waals surface area contributed by atoms with Gasteiger partial charge in [-0.1, -0.05) is 6.58 Å². The fourth-order valence-electron chi connectivity index (χ4n) is 0.433. The van der Waals surface area contributed by atoms with Gasteiger partial charge in [-0.3, -0.25) is 0 Å². The van der Waals surface area contributed by atoms with Crippen LogP contribution in [0.2, 0.25) is 0 Å². The van der Waals surface area contributed by atoms with Gasteiger partial charge in [0, 0.05) is 0 Å². The van der Waals surface area contributed by atoms with Crippen molar-refractivity contribution in [2.45, 2.75) is 24.9 Å². The second kappa shape index (κ2) is 3.95. The molecule has 9 heteroatoms. The lowest BCUT2D eigenvalue weighted by Crippen LogP contribution is -2.55. The maximum Gasteiger partial charge on any atom is 0.444 e. The van der Waals surface area contributed by atoms with Gasteiger partial charge >= 0.3 is 23.9 Å².